The molecular formula is C12H13I. The Kier molecular flexibility index (Phi) is 3.38. The highest BCUT2D eigenvalue weighted by Gasteiger charge is 2.12. The third kappa shape index (κ3) is 3.04. The van der Waals surface area contributed by atoms with Crippen molar-refractivity contribution in [1.82, 2.24) is 0 Å². The summed E-state index contributed by atoms with van der Waals surface area (Å²) in [7, 11) is 0. The normalized spacial score (nSPS) is 10.5. The second-order valence-corrected chi connectivity index (χ2v) is 4.59. The second-order valence-electron chi connectivity index (χ2n) is 4.05. The highest BCUT2D eigenvalue weighted by atomic mass is 127. The van der Waals surface area contributed by atoms with Crippen LogP contribution in [0.2, 0.25) is 0 Å². The summed E-state index contributed by atoms with van der Waals surface area (Å²) in [6.07, 6.45) is 0. The van der Waals surface area contributed by atoms with E-state index in [2.05, 4.69) is 77.5 Å². The van der Waals surface area contributed by atoms with E-state index in [4.69, 9.17) is 0 Å². The molecule has 0 heterocycles. The van der Waals surface area contributed by atoms with Gasteiger partial charge in [0.05, 0.1) is 0 Å². The van der Waals surface area contributed by atoms with Crippen molar-refractivity contribution in [3.05, 3.63) is 35.4 Å². The lowest BCUT2D eigenvalue weighted by Crippen LogP contribution is -2.10. The summed E-state index contributed by atoms with van der Waals surface area (Å²) >= 11 is 2.05. The summed E-state index contributed by atoms with van der Waals surface area (Å²) in [5.41, 5.74) is 2.67. The Balaban J connectivity index is 2.98. The smallest absolute Gasteiger partial charge is 0.0253 e. The van der Waals surface area contributed by atoms with Crippen LogP contribution in [-0.4, -0.2) is 0 Å². The first-order valence-electron chi connectivity index (χ1n) is 4.26. The number of halogens is 1. The molecule has 1 aromatic rings. The molecule has 1 aromatic carbocycles. The van der Waals surface area contributed by atoms with E-state index in [0.29, 0.717) is 0 Å². The van der Waals surface area contributed by atoms with Gasteiger partial charge in [0.15, 0.2) is 0 Å². The summed E-state index contributed by atoms with van der Waals surface area (Å²) in [6.45, 7) is 6.64. The minimum Gasteiger partial charge on any atom is -0.0573 e. The standard InChI is InChI=1S/C12H13I/c1-12(2,3)11-6-4-10(5-7-11)8-9-13/h4-7H,1-3H3. The number of benzene rings is 1. The molecule has 0 radical (unpaired) electrons. The fourth-order valence-electron chi connectivity index (χ4n) is 1.11. The molecule has 0 saturated heterocycles. The molecule has 0 unspecified atom stereocenters. The molecule has 0 saturated carbocycles. The monoisotopic (exact) mass is 284 g/mol. The van der Waals surface area contributed by atoms with Crippen molar-refractivity contribution >= 4 is 22.6 Å². The van der Waals surface area contributed by atoms with Gasteiger partial charge in [-0.3, -0.25) is 0 Å². The third-order valence-corrected chi connectivity index (χ3v) is 2.21. The molecule has 0 bridgehead atoms. The Morgan fingerprint density at radius 2 is 1.62 bits per heavy atom. The molecule has 0 atom stereocenters. The SMILES string of the molecule is CC(C)(C)c1ccc(C#CI)cc1. The van der Waals surface area contributed by atoms with Gasteiger partial charge >= 0.3 is 0 Å². The van der Waals surface area contributed by atoms with Crippen molar-refractivity contribution in [2.75, 3.05) is 0 Å². The van der Waals surface area contributed by atoms with Crippen LogP contribution >= 0.6 is 22.6 Å². The van der Waals surface area contributed by atoms with Gasteiger partial charge in [-0.1, -0.05) is 38.8 Å². The molecule has 0 nitrogen and oxygen atoms in total. The molecule has 0 spiro atoms. The zero-order valence-corrected chi connectivity index (χ0v) is 10.3. The zero-order valence-electron chi connectivity index (χ0n) is 8.19. The first-order chi connectivity index (χ1) is 6.04. The minimum atomic E-state index is 0.232. The van der Waals surface area contributed by atoms with Crippen LogP contribution in [0.4, 0.5) is 0 Å². The Labute approximate surface area is 93.9 Å². The zero-order chi connectivity index (χ0) is 9.90. The van der Waals surface area contributed by atoms with Crippen LogP contribution in [0.5, 0.6) is 0 Å². The van der Waals surface area contributed by atoms with E-state index in [0.717, 1.165) is 5.56 Å². The van der Waals surface area contributed by atoms with Crippen molar-refractivity contribution in [2.45, 2.75) is 26.2 Å². The molecule has 0 fully saturated rings. The van der Waals surface area contributed by atoms with Crippen molar-refractivity contribution in [1.29, 1.82) is 0 Å². The maximum Gasteiger partial charge on any atom is 0.0253 e. The van der Waals surface area contributed by atoms with E-state index in [1.54, 1.807) is 0 Å². The van der Waals surface area contributed by atoms with Gasteiger partial charge in [-0.05, 0) is 27.0 Å². The van der Waals surface area contributed by atoms with Crippen molar-refractivity contribution in [2.24, 2.45) is 0 Å². The maximum absolute atomic E-state index is 3.02. The van der Waals surface area contributed by atoms with Crippen LogP contribution in [0.25, 0.3) is 0 Å². The van der Waals surface area contributed by atoms with Gasteiger partial charge in [0, 0.05) is 28.2 Å². The molecule has 0 aliphatic carbocycles. The molecule has 68 valence electrons. The highest BCUT2D eigenvalue weighted by molar-refractivity contribution is 14.1. The molecule has 13 heavy (non-hydrogen) atoms. The van der Waals surface area contributed by atoms with Crippen LogP contribution < -0.4 is 0 Å². The van der Waals surface area contributed by atoms with Crippen molar-refractivity contribution in [3.63, 3.8) is 0 Å². The van der Waals surface area contributed by atoms with Crippen molar-refractivity contribution < 1.29 is 0 Å². The first-order valence-corrected chi connectivity index (χ1v) is 5.34. The minimum absolute atomic E-state index is 0.232. The van der Waals surface area contributed by atoms with Crippen LogP contribution in [0.15, 0.2) is 24.3 Å². The molecule has 0 amide bonds. The van der Waals surface area contributed by atoms with Gasteiger partial charge in [-0.25, -0.2) is 0 Å². The van der Waals surface area contributed by atoms with Gasteiger partial charge in [-0.15, -0.1) is 0 Å². The Morgan fingerprint density at radius 3 is 2.00 bits per heavy atom. The van der Waals surface area contributed by atoms with E-state index >= 15 is 0 Å². The molecule has 1 rings (SSSR count). The number of hydrogen-bond acceptors (Lipinski definition) is 0. The van der Waals surface area contributed by atoms with Gasteiger partial charge in [0.25, 0.3) is 0 Å². The van der Waals surface area contributed by atoms with Gasteiger partial charge < -0.3 is 0 Å². The predicted octanol–water partition coefficient (Wildman–Crippen LogP) is 3.73. The molecule has 1 heteroatoms. The third-order valence-electron chi connectivity index (χ3n) is 1.94. The Morgan fingerprint density at radius 1 is 1.08 bits per heavy atom. The average molecular weight is 284 g/mol. The molecule has 0 aliphatic heterocycles. The summed E-state index contributed by atoms with van der Waals surface area (Å²) in [4.78, 5) is 0. The summed E-state index contributed by atoms with van der Waals surface area (Å²) in [6, 6.07) is 8.45. The fraction of sp³-hybridized carbons (Fsp3) is 0.333. The summed E-state index contributed by atoms with van der Waals surface area (Å²) in [5, 5.41) is 0. The van der Waals surface area contributed by atoms with Crippen molar-refractivity contribution in [3.8, 4) is 9.85 Å². The largest absolute Gasteiger partial charge is 0.0573 e. The van der Waals surface area contributed by atoms with Crippen LogP contribution in [0.3, 0.4) is 0 Å². The van der Waals surface area contributed by atoms with E-state index in [9.17, 15) is 0 Å². The lowest BCUT2D eigenvalue weighted by molar-refractivity contribution is 0.590. The summed E-state index contributed by atoms with van der Waals surface area (Å²) in [5.74, 6) is 3.02. The fourth-order valence-corrected chi connectivity index (χ4v) is 1.42. The molecule has 0 aromatic heterocycles. The number of hydrogen-bond donors (Lipinski definition) is 0. The van der Waals surface area contributed by atoms with Gasteiger partial charge in [0.2, 0.25) is 0 Å². The lowest BCUT2D eigenvalue weighted by Gasteiger charge is -2.18. The molecular weight excluding hydrogens is 271 g/mol. The van der Waals surface area contributed by atoms with E-state index in [1.807, 2.05) is 0 Å². The van der Waals surface area contributed by atoms with Crippen LogP contribution in [0, 0.1) is 9.85 Å². The van der Waals surface area contributed by atoms with E-state index in [-0.39, 0.29) is 5.41 Å². The maximum atomic E-state index is 3.02. The highest BCUT2D eigenvalue weighted by Crippen LogP contribution is 2.21. The molecule has 0 N–H and O–H groups in total. The van der Waals surface area contributed by atoms with Gasteiger partial charge in [0.1, 0.15) is 0 Å². The van der Waals surface area contributed by atoms with Crippen LogP contribution in [0.1, 0.15) is 31.9 Å². The summed E-state index contributed by atoms with van der Waals surface area (Å²) < 4.78 is 2.86. The van der Waals surface area contributed by atoms with Gasteiger partial charge in [-0.2, -0.15) is 0 Å². The quantitative estimate of drug-likeness (QED) is 0.503. The Hall–Kier alpha value is -0.490. The predicted molar refractivity (Wildman–Crippen MR) is 66.0 cm³/mol. The van der Waals surface area contributed by atoms with Crippen LogP contribution in [-0.2, 0) is 5.41 Å². The topological polar surface area (TPSA) is 0 Å². The Bertz CT molecular complexity index is 330. The number of rotatable bonds is 0. The first kappa shape index (κ1) is 10.6. The lowest BCUT2D eigenvalue weighted by atomic mass is 9.87. The second kappa shape index (κ2) is 4.15. The molecule has 0 aliphatic rings. The van der Waals surface area contributed by atoms with E-state index < -0.39 is 0 Å². The van der Waals surface area contributed by atoms with E-state index in [1.165, 1.54) is 5.56 Å². The average Bonchev–Trinajstić information content (AvgIpc) is 2.04.